The monoisotopic (exact) mass is 397 g/mol. The highest BCUT2D eigenvalue weighted by molar-refractivity contribution is 7.97. The van der Waals surface area contributed by atoms with Gasteiger partial charge in [-0.15, -0.1) is 0 Å². The molecule has 1 aliphatic heterocycles. The van der Waals surface area contributed by atoms with E-state index in [0.29, 0.717) is 13.1 Å². The van der Waals surface area contributed by atoms with Gasteiger partial charge >= 0.3 is 6.18 Å². The number of hydrogen-bond donors (Lipinski definition) is 2. The third-order valence-corrected chi connectivity index (χ3v) is 5.18. The van der Waals surface area contributed by atoms with Crippen molar-refractivity contribution in [1.82, 2.24) is 14.7 Å². The van der Waals surface area contributed by atoms with E-state index in [1.165, 1.54) is 11.9 Å². The third-order valence-electron chi connectivity index (χ3n) is 4.26. The lowest BCUT2D eigenvalue weighted by Gasteiger charge is -2.22. The molecule has 0 atom stereocenters. The van der Waals surface area contributed by atoms with Crippen LogP contribution in [0.25, 0.3) is 0 Å². The van der Waals surface area contributed by atoms with E-state index in [0.717, 1.165) is 41.7 Å². The summed E-state index contributed by atoms with van der Waals surface area (Å²) in [4.78, 5) is 10.8. The number of nitrogens with one attached hydrogen (secondary N) is 2. The summed E-state index contributed by atoms with van der Waals surface area (Å²) in [7, 11) is 0. The first kappa shape index (κ1) is 19.8. The fourth-order valence-corrected chi connectivity index (χ4v) is 3.60. The summed E-state index contributed by atoms with van der Waals surface area (Å²) in [6, 6.07) is 5.82. The standard InChI is InChI=1S/C18H22F3N5S/c1-3-23-27-13-6-7-15(12(2)10-13)24-17-22-11-14(18(19,20)21)16(25-17)26-8-4-5-9-26/h6-7,10-11,23H,3-5,8-9H2,1-2H3,(H,22,24,25). The van der Waals surface area contributed by atoms with Crippen LogP contribution in [-0.4, -0.2) is 29.6 Å². The van der Waals surface area contributed by atoms with Crippen molar-refractivity contribution in [2.75, 3.05) is 29.9 Å². The van der Waals surface area contributed by atoms with Crippen LogP contribution in [0.5, 0.6) is 0 Å². The van der Waals surface area contributed by atoms with E-state index >= 15 is 0 Å². The molecule has 1 aromatic carbocycles. The molecule has 9 heteroatoms. The van der Waals surface area contributed by atoms with Gasteiger partial charge in [-0.25, -0.2) is 4.98 Å². The molecule has 0 unspecified atom stereocenters. The number of alkyl halides is 3. The number of aromatic nitrogens is 2. The number of anilines is 3. The van der Waals surface area contributed by atoms with Crippen LogP contribution >= 0.6 is 11.9 Å². The summed E-state index contributed by atoms with van der Waals surface area (Å²) in [6.45, 7) is 5.96. The van der Waals surface area contributed by atoms with Crippen molar-refractivity contribution in [1.29, 1.82) is 0 Å². The topological polar surface area (TPSA) is 53.1 Å². The molecule has 5 nitrogen and oxygen atoms in total. The second kappa shape index (κ2) is 8.35. The van der Waals surface area contributed by atoms with Crippen LogP contribution in [0.1, 0.15) is 30.9 Å². The SMILES string of the molecule is CCNSc1ccc(Nc2ncc(C(F)(F)F)c(N3CCCC3)n2)c(C)c1. The van der Waals surface area contributed by atoms with Gasteiger partial charge in [0.1, 0.15) is 11.4 Å². The van der Waals surface area contributed by atoms with Crippen LogP contribution in [0, 0.1) is 6.92 Å². The van der Waals surface area contributed by atoms with Crippen molar-refractivity contribution >= 4 is 29.4 Å². The van der Waals surface area contributed by atoms with Crippen molar-refractivity contribution in [3.63, 3.8) is 0 Å². The number of rotatable bonds is 6. The summed E-state index contributed by atoms with van der Waals surface area (Å²) in [6.07, 6.45) is -1.87. The molecule has 2 heterocycles. The summed E-state index contributed by atoms with van der Waals surface area (Å²) < 4.78 is 43.2. The summed E-state index contributed by atoms with van der Waals surface area (Å²) in [5, 5.41) is 3.05. The largest absolute Gasteiger partial charge is 0.421 e. The van der Waals surface area contributed by atoms with Gasteiger partial charge in [-0.05, 0) is 55.5 Å². The molecule has 1 saturated heterocycles. The minimum absolute atomic E-state index is 0.0468. The van der Waals surface area contributed by atoms with Gasteiger partial charge in [0.2, 0.25) is 5.95 Å². The number of aryl methyl sites for hydroxylation is 1. The lowest BCUT2D eigenvalue weighted by molar-refractivity contribution is -0.137. The Morgan fingerprint density at radius 3 is 2.59 bits per heavy atom. The van der Waals surface area contributed by atoms with Crippen molar-refractivity contribution in [2.24, 2.45) is 0 Å². The first-order chi connectivity index (χ1) is 12.9. The van der Waals surface area contributed by atoms with Crippen LogP contribution in [0.2, 0.25) is 0 Å². The van der Waals surface area contributed by atoms with E-state index in [1.807, 2.05) is 32.0 Å². The maximum Gasteiger partial charge on any atom is 0.421 e. The Morgan fingerprint density at radius 2 is 1.96 bits per heavy atom. The van der Waals surface area contributed by atoms with Gasteiger partial charge < -0.3 is 10.2 Å². The zero-order valence-electron chi connectivity index (χ0n) is 15.2. The Kier molecular flexibility index (Phi) is 6.11. The minimum atomic E-state index is -4.47. The molecule has 0 radical (unpaired) electrons. The van der Waals surface area contributed by atoms with Gasteiger partial charge in [0, 0.05) is 36.4 Å². The molecule has 3 rings (SSSR count). The molecule has 0 aliphatic carbocycles. The predicted molar refractivity (Wildman–Crippen MR) is 102 cm³/mol. The van der Waals surface area contributed by atoms with E-state index in [2.05, 4.69) is 20.0 Å². The van der Waals surface area contributed by atoms with Crippen molar-refractivity contribution in [2.45, 2.75) is 37.8 Å². The van der Waals surface area contributed by atoms with E-state index in [1.54, 1.807) is 4.90 Å². The fraction of sp³-hybridized carbons (Fsp3) is 0.444. The maximum atomic E-state index is 13.3. The van der Waals surface area contributed by atoms with Crippen LogP contribution < -0.4 is 14.9 Å². The second-order valence-corrected chi connectivity index (χ2v) is 7.29. The Morgan fingerprint density at radius 1 is 1.22 bits per heavy atom. The molecular weight excluding hydrogens is 375 g/mol. The van der Waals surface area contributed by atoms with Crippen LogP contribution in [0.15, 0.2) is 29.3 Å². The highest BCUT2D eigenvalue weighted by Gasteiger charge is 2.37. The third kappa shape index (κ3) is 4.84. The van der Waals surface area contributed by atoms with Crippen molar-refractivity contribution in [3.8, 4) is 0 Å². The molecule has 27 heavy (non-hydrogen) atoms. The van der Waals surface area contributed by atoms with Crippen LogP contribution in [0.4, 0.5) is 30.6 Å². The number of nitrogens with zero attached hydrogens (tertiary/aromatic N) is 3. The Bertz CT molecular complexity index is 791. The highest BCUT2D eigenvalue weighted by Crippen LogP contribution is 2.37. The van der Waals surface area contributed by atoms with Crippen LogP contribution in [0.3, 0.4) is 0 Å². The molecule has 1 fully saturated rings. The molecule has 2 aromatic rings. The van der Waals surface area contributed by atoms with Gasteiger partial charge in [-0.3, -0.25) is 4.72 Å². The summed E-state index contributed by atoms with van der Waals surface area (Å²) in [5.74, 6) is 0.120. The van der Waals surface area contributed by atoms with Gasteiger partial charge in [-0.1, -0.05) is 6.92 Å². The predicted octanol–water partition coefficient (Wildman–Crippen LogP) is 4.76. The second-order valence-electron chi connectivity index (χ2n) is 6.32. The molecule has 0 amide bonds. The first-order valence-corrected chi connectivity index (χ1v) is 9.66. The van der Waals surface area contributed by atoms with E-state index in [9.17, 15) is 13.2 Å². The average Bonchev–Trinajstić information content (AvgIpc) is 3.15. The van der Waals surface area contributed by atoms with Gasteiger partial charge in [0.05, 0.1) is 0 Å². The van der Waals surface area contributed by atoms with E-state index < -0.39 is 11.7 Å². The lowest BCUT2D eigenvalue weighted by atomic mass is 10.2. The smallest absolute Gasteiger partial charge is 0.356 e. The molecular formula is C18H22F3N5S. The Labute approximate surface area is 160 Å². The van der Waals surface area contributed by atoms with E-state index in [-0.39, 0.29) is 11.8 Å². The number of halogens is 3. The molecule has 2 N–H and O–H groups in total. The Balaban J connectivity index is 1.86. The fourth-order valence-electron chi connectivity index (χ4n) is 2.92. The maximum absolute atomic E-state index is 13.3. The lowest BCUT2D eigenvalue weighted by Crippen LogP contribution is -2.24. The van der Waals surface area contributed by atoms with Gasteiger partial charge in [0.25, 0.3) is 0 Å². The molecule has 0 spiro atoms. The molecule has 0 bridgehead atoms. The van der Waals surface area contributed by atoms with Crippen molar-refractivity contribution < 1.29 is 13.2 Å². The zero-order chi connectivity index (χ0) is 19.4. The van der Waals surface area contributed by atoms with Gasteiger partial charge in [0.15, 0.2) is 0 Å². The first-order valence-electron chi connectivity index (χ1n) is 8.85. The number of hydrogen-bond acceptors (Lipinski definition) is 6. The summed E-state index contributed by atoms with van der Waals surface area (Å²) >= 11 is 1.53. The van der Waals surface area contributed by atoms with Gasteiger partial charge in [-0.2, -0.15) is 18.2 Å². The summed E-state index contributed by atoms with van der Waals surface area (Å²) in [5.41, 5.74) is 0.941. The highest BCUT2D eigenvalue weighted by atomic mass is 32.2. The molecule has 1 aromatic heterocycles. The average molecular weight is 397 g/mol. The Hall–Kier alpha value is -2.00. The van der Waals surface area contributed by atoms with E-state index in [4.69, 9.17) is 0 Å². The number of benzene rings is 1. The molecule has 1 aliphatic rings. The quantitative estimate of drug-likeness (QED) is 0.685. The normalized spacial score (nSPS) is 14.6. The molecule has 0 saturated carbocycles. The van der Waals surface area contributed by atoms with Crippen LogP contribution in [-0.2, 0) is 6.18 Å². The van der Waals surface area contributed by atoms with Crippen molar-refractivity contribution in [3.05, 3.63) is 35.5 Å². The minimum Gasteiger partial charge on any atom is -0.356 e. The zero-order valence-corrected chi connectivity index (χ0v) is 16.0. The molecule has 146 valence electrons.